The third-order valence-corrected chi connectivity index (χ3v) is 4.72. The van der Waals surface area contributed by atoms with Crippen LogP contribution in [0.1, 0.15) is 42.5 Å². The molecule has 19 heavy (non-hydrogen) atoms. The van der Waals surface area contributed by atoms with Gasteiger partial charge in [-0.1, -0.05) is 42.6 Å². The second kappa shape index (κ2) is 6.90. The van der Waals surface area contributed by atoms with Crippen LogP contribution in [0.15, 0.2) is 23.2 Å². The van der Waals surface area contributed by atoms with Crippen LogP contribution in [-0.4, -0.2) is 16.4 Å². The Morgan fingerprint density at radius 2 is 2.05 bits per heavy atom. The van der Waals surface area contributed by atoms with Crippen LogP contribution in [0.25, 0.3) is 0 Å². The van der Waals surface area contributed by atoms with Gasteiger partial charge in [-0.05, 0) is 31.0 Å². The van der Waals surface area contributed by atoms with Gasteiger partial charge in [-0.25, -0.2) is 4.79 Å². The zero-order chi connectivity index (χ0) is 13.7. The van der Waals surface area contributed by atoms with Gasteiger partial charge in [-0.3, -0.25) is 4.79 Å². The highest BCUT2D eigenvalue weighted by Gasteiger charge is 2.20. The summed E-state index contributed by atoms with van der Waals surface area (Å²) in [5.41, 5.74) is 0.904. The van der Waals surface area contributed by atoms with Gasteiger partial charge in [0.05, 0.1) is 10.7 Å². The first-order chi connectivity index (χ1) is 9.20. The van der Waals surface area contributed by atoms with E-state index in [9.17, 15) is 9.59 Å². The molecule has 1 saturated carbocycles. The molecular formula is C14H14ClNO2S. The van der Waals surface area contributed by atoms with E-state index in [0.717, 1.165) is 12.8 Å². The molecular weight excluding hydrogens is 282 g/mol. The molecule has 2 rings (SSSR count). The Hall–Kier alpha value is -1.09. The van der Waals surface area contributed by atoms with Crippen molar-refractivity contribution in [3.8, 4) is 0 Å². The Morgan fingerprint density at radius 1 is 1.32 bits per heavy atom. The lowest BCUT2D eigenvalue weighted by Crippen LogP contribution is -2.11. The average molecular weight is 296 g/mol. The van der Waals surface area contributed by atoms with E-state index < -0.39 is 0 Å². The van der Waals surface area contributed by atoms with Gasteiger partial charge in [0, 0.05) is 10.8 Å². The maximum Gasteiger partial charge on any atom is 0.240 e. The molecule has 3 nitrogen and oxygen atoms in total. The van der Waals surface area contributed by atoms with E-state index in [0.29, 0.717) is 21.5 Å². The van der Waals surface area contributed by atoms with Crippen LogP contribution in [0.4, 0.5) is 5.69 Å². The molecule has 1 aromatic rings. The number of nitrogens with zero attached hydrogens (tertiary/aromatic N) is 1. The van der Waals surface area contributed by atoms with E-state index in [1.165, 1.54) is 43.2 Å². The third kappa shape index (κ3) is 3.93. The summed E-state index contributed by atoms with van der Waals surface area (Å²) in [7, 11) is 0. The Labute approximate surface area is 121 Å². The molecule has 0 amide bonds. The van der Waals surface area contributed by atoms with Crippen molar-refractivity contribution in [2.24, 2.45) is 4.99 Å². The molecule has 0 bridgehead atoms. The molecule has 1 fully saturated rings. The molecule has 0 saturated heterocycles. The Bertz CT molecular complexity index is 520. The minimum absolute atomic E-state index is 0.00136. The molecule has 0 aromatic heterocycles. The van der Waals surface area contributed by atoms with Crippen molar-refractivity contribution in [1.29, 1.82) is 0 Å². The van der Waals surface area contributed by atoms with E-state index in [1.54, 1.807) is 12.1 Å². The molecule has 0 spiro atoms. The number of carbonyl (C=O) groups excluding carboxylic acids is 2. The standard InChI is InChI=1S/C14H14ClNO2S/c15-13-8-10(16-9-17)6-7-12(13)14(18)19-11-4-2-1-3-5-11/h6-8,11H,1-5H2. The fourth-order valence-corrected chi connectivity index (χ4v) is 3.68. The number of aliphatic imine (C=N–C) groups is 1. The van der Waals surface area contributed by atoms with Crippen molar-refractivity contribution in [3.05, 3.63) is 28.8 Å². The van der Waals surface area contributed by atoms with Gasteiger partial charge in [-0.15, -0.1) is 0 Å². The number of halogens is 1. The fraction of sp³-hybridized carbons (Fsp3) is 0.429. The first-order valence-corrected chi connectivity index (χ1v) is 7.55. The lowest BCUT2D eigenvalue weighted by molar-refractivity contribution is 0.108. The lowest BCUT2D eigenvalue weighted by atomic mass is 10.0. The number of isocyanates is 1. The van der Waals surface area contributed by atoms with Crippen LogP contribution in [0, 0.1) is 0 Å². The molecule has 0 radical (unpaired) electrons. The lowest BCUT2D eigenvalue weighted by Gasteiger charge is -2.20. The zero-order valence-electron chi connectivity index (χ0n) is 10.4. The average Bonchev–Trinajstić information content (AvgIpc) is 2.40. The smallest absolute Gasteiger partial charge is 0.240 e. The van der Waals surface area contributed by atoms with Gasteiger partial charge < -0.3 is 0 Å². The summed E-state index contributed by atoms with van der Waals surface area (Å²) in [6.45, 7) is 0. The van der Waals surface area contributed by atoms with Crippen LogP contribution in [0.5, 0.6) is 0 Å². The third-order valence-electron chi connectivity index (χ3n) is 3.17. The monoisotopic (exact) mass is 295 g/mol. The Morgan fingerprint density at radius 3 is 2.68 bits per heavy atom. The zero-order valence-corrected chi connectivity index (χ0v) is 12.0. The molecule has 1 aromatic carbocycles. The minimum Gasteiger partial charge on any atom is -0.282 e. The molecule has 0 N–H and O–H groups in total. The number of hydrogen-bond donors (Lipinski definition) is 0. The minimum atomic E-state index is -0.00136. The normalized spacial score (nSPS) is 15.8. The van der Waals surface area contributed by atoms with Crippen molar-refractivity contribution in [2.45, 2.75) is 37.4 Å². The topological polar surface area (TPSA) is 46.5 Å². The summed E-state index contributed by atoms with van der Waals surface area (Å²) < 4.78 is 0. The second-order valence-corrected chi connectivity index (χ2v) is 6.21. The molecule has 100 valence electrons. The maximum atomic E-state index is 12.2. The van der Waals surface area contributed by atoms with Gasteiger partial charge in [0.15, 0.2) is 0 Å². The van der Waals surface area contributed by atoms with Crippen molar-refractivity contribution in [2.75, 3.05) is 0 Å². The number of rotatable bonds is 3. The summed E-state index contributed by atoms with van der Waals surface area (Å²) >= 11 is 7.43. The van der Waals surface area contributed by atoms with E-state index in [4.69, 9.17) is 11.6 Å². The molecule has 0 unspecified atom stereocenters. The molecule has 1 aliphatic carbocycles. The van der Waals surface area contributed by atoms with Crippen LogP contribution in [0.2, 0.25) is 5.02 Å². The van der Waals surface area contributed by atoms with Crippen molar-refractivity contribution in [1.82, 2.24) is 0 Å². The summed E-state index contributed by atoms with van der Waals surface area (Å²) in [5, 5.41) is 0.744. The first-order valence-electron chi connectivity index (χ1n) is 6.29. The van der Waals surface area contributed by atoms with Gasteiger partial charge in [0.1, 0.15) is 0 Å². The van der Waals surface area contributed by atoms with Crippen LogP contribution in [-0.2, 0) is 4.79 Å². The highest BCUT2D eigenvalue weighted by molar-refractivity contribution is 8.14. The van der Waals surface area contributed by atoms with Gasteiger partial charge in [-0.2, -0.15) is 4.99 Å². The first kappa shape index (κ1) is 14.3. The largest absolute Gasteiger partial charge is 0.282 e. The predicted molar refractivity (Wildman–Crippen MR) is 78.0 cm³/mol. The van der Waals surface area contributed by atoms with Gasteiger partial charge in [0.25, 0.3) is 0 Å². The van der Waals surface area contributed by atoms with Crippen molar-refractivity contribution < 1.29 is 9.59 Å². The quantitative estimate of drug-likeness (QED) is 0.608. The number of benzene rings is 1. The summed E-state index contributed by atoms with van der Waals surface area (Å²) in [4.78, 5) is 25.8. The summed E-state index contributed by atoms with van der Waals surface area (Å²) in [6, 6.07) is 4.74. The SMILES string of the molecule is O=C=Nc1ccc(C(=O)SC2CCCCC2)c(Cl)c1. The van der Waals surface area contributed by atoms with Crippen molar-refractivity contribution in [3.63, 3.8) is 0 Å². The summed E-state index contributed by atoms with van der Waals surface area (Å²) in [5.74, 6) is 0. The van der Waals surface area contributed by atoms with E-state index in [1.807, 2.05) is 0 Å². The van der Waals surface area contributed by atoms with Crippen LogP contribution >= 0.6 is 23.4 Å². The van der Waals surface area contributed by atoms with Gasteiger partial charge in [0.2, 0.25) is 11.2 Å². The van der Waals surface area contributed by atoms with Crippen LogP contribution < -0.4 is 0 Å². The molecule has 0 atom stereocenters. The second-order valence-electron chi connectivity index (χ2n) is 4.53. The maximum absolute atomic E-state index is 12.2. The number of thioether (sulfide) groups is 1. The number of hydrogen-bond acceptors (Lipinski definition) is 4. The summed E-state index contributed by atoms with van der Waals surface area (Å²) in [6.07, 6.45) is 7.32. The van der Waals surface area contributed by atoms with E-state index in [-0.39, 0.29) is 5.12 Å². The Balaban J connectivity index is 2.08. The van der Waals surface area contributed by atoms with E-state index in [2.05, 4.69) is 4.99 Å². The highest BCUT2D eigenvalue weighted by Crippen LogP contribution is 2.33. The van der Waals surface area contributed by atoms with E-state index >= 15 is 0 Å². The molecule has 5 heteroatoms. The number of carbonyl (C=O) groups is 1. The van der Waals surface area contributed by atoms with Gasteiger partial charge >= 0.3 is 0 Å². The fourth-order valence-electron chi connectivity index (χ4n) is 2.19. The Kier molecular flexibility index (Phi) is 5.20. The van der Waals surface area contributed by atoms with Crippen LogP contribution in [0.3, 0.4) is 0 Å². The predicted octanol–water partition coefficient (Wildman–Crippen LogP) is 4.51. The molecule has 1 aliphatic rings. The van der Waals surface area contributed by atoms with Crippen molar-refractivity contribution >= 4 is 40.2 Å². The molecule has 0 aliphatic heterocycles. The molecule has 0 heterocycles. The highest BCUT2D eigenvalue weighted by atomic mass is 35.5.